The number of esters is 1. The Kier molecular flexibility index (Phi) is 11.7. The van der Waals surface area contributed by atoms with E-state index in [2.05, 4.69) is 25.7 Å². The first kappa shape index (κ1) is 30.0. The van der Waals surface area contributed by atoms with Crippen molar-refractivity contribution in [2.45, 2.75) is 38.1 Å². The molecule has 1 aliphatic heterocycles. The predicted octanol–water partition coefficient (Wildman–Crippen LogP) is 2.82. The third-order valence-corrected chi connectivity index (χ3v) is 6.73. The van der Waals surface area contributed by atoms with Crippen LogP contribution in [-0.4, -0.2) is 94.0 Å². The molecule has 2 aliphatic rings. The number of carbonyl (C=O) groups excluding carboxylic acids is 2. The summed E-state index contributed by atoms with van der Waals surface area (Å²) in [5.74, 6) is -0.171. The Morgan fingerprint density at radius 2 is 2.18 bits per heavy atom. The molecule has 0 bridgehead atoms. The lowest BCUT2D eigenvalue weighted by atomic mass is 10.0. The largest absolute Gasteiger partial charge is 0.457 e. The number of allylic oxidation sites excluding steroid dienone is 10. The highest BCUT2D eigenvalue weighted by Gasteiger charge is 2.28. The van der Waals surface area contributed by atoms with E-state index in [1.54, 1.807) is 16.8 Å². The number of amides is 1. The van der Waals surface area contributed by atoms with Gasteiger partial charge in [-0.25, -0.2) is 9.07 Å². The van der Waals surface area contributed by atoms with Gasteiger partial charge in [0.15, 0.2) is 0 Å². The summed E-state index contributed by atoms with van der Waals surface area (Å²) in [7, 11) is 4.00. The van der Waals surface area contributed by atoms with E-state index in [1.807, 2.05) is 62.4 Å². The Bertz CT molecular complexity index is 1200. The highest BCUT2D eigenvalue weighted by molar-refractivity contribution is 7.99. The molecule has 0 radical (unpaired) electrons. The minimum absolute atomic E-state index is 0.0695. The van der Waals surface area contributed by atoms with Gasteiger partial charge in [-0.2, -0.15) is 0 Å². The number of carbonyl (C=O) groups is 2. The van der Waals surface area contributed by atoms with Gasteiger partial charge in [0.1, 0.15) is 18.5 Å². The summed E-state index contributed by atoms with van der Waals surface area (Å²) in [6.07, 6.45) is 14.5. The smallest absolute Gasteiger partial charge is 0.325 e. The number of nitrogens with one attached hydrogen (secondary N) is 1. The molecule has 1 amide bonds. The molecule has 1 aromatic heterocycles. The van der Waals surface area contributed by atoms with E-state index >= 15 is 4.39 Å². The Hall–Kier alpha value is -3.51. The van der Waals surface area contributed by atoms with Gasteiger partial charge in [-0.3, -0.25) is 9.59 Å². The number of ether oxygens (including phenoxy) is 1. The maximum Gasteiger partial charge on any atom is 0.325 e. The summed E-state index contributed by atoms with van der Waals surface area (Å²) in [4.78, 5) is 27.3. The molecule has 0 saturated carbocycles. The lowest BCUT2D eigenvalue weighted by molar-refractivity contribution is -0.157. The molecule has 0 spiro atoms. The first-order valence-corrected chi connectivity index (χ1v) is 13.7. The summed E-state index contributed by atoms with van der Waals surface area (Å²) >= 11 is 1.53. The minimum atomic E-state index is -0.468. The zero-order valence-corrected chi connectivity index (χ0v) is 23.7. The lowest BCUT2D eigenvalue weighted by Crippen LogP contribution is -2.48. The van der Waals surface area contributed by atoms with E-state index < -0.39 is 6.10 Å². The minimum Gasteiger partial charge on any atom is -0.457 e. The molecule has 10 nitrogen and oxygen atoms in total. The van der Waals surface area contributed by atoms with Gasteiger partial charge in [-0.05, 0) is 49.2 Å². The first-order valence-electron chi connectivity index (χ1n) is 12.8. The Morgan fingerprint density at radius 3 is 2.92 bits per heavy atom. The topological polar surface area (TPSA) is 105 Å². The number of hydrogen-bond donors (Lipinski definition) is 1. The van der Waals surface area contributed by atoms with Gasteiger partial charge in [-0.1, -0.05) is 48.2 Å². The number of tetrazole rings is 1. The van der Waals surface area contributed by atoms with Crippen LogP contribution in [0, 0.1) is 0 Å². The highest BCUT2D eigenvalue weighted by atomic mass is 32.2. The summed E-state index contributed by atoms with van der Waals surface area (Å²) in [5, 5.41) is 15.3. The molecule has 12 heteroatoms. The van der Waals surface area contributed by atoms with Crippen LogP contribution in [0.1, 0.15) is 20.3 Å². The van der Waals surface area contributed by atoms with Crippen molar-refractivity contribution in [3.63, 3.8) is 0 Å². The van der Waals surface area contributed by atoms with Crippen LogP contribution in [0.2, 0.25) is 0 Å². The van der Waals surface area contributed by atoms with Crippen molar-refractivity contribution in [3.8, 4) is 0 Å². The fourth-order valence-corrected chi connectivity index (χ4v) is 4.63. The van der Waals surface area contributed by atoms with Crippen molar-refractivity contribution in [1.29, 1.82) is 0 Å². The van der Waals surface area contributed by atoms with Crippen LogP contribution >= 0.6 is 11.8 Å². The van der Waals surface area contributed by atoms with E-state index in [0.29, 0.717) is 24.4 Å². The van der Waals surface area contributed by atoms with Gasteiger partial charge in [0, 0.05) is 36.9 Å². The van der Waals surface area contributed by atoms with Crippen molar-refractivity contribution >= 4 is 23.6 Å². The normalized spacial score (nSPS) is 18.8. The fraction of sp³-hybridized carbons (Fsp3) is 0.444. The van der Waals surface area contributed by atoms with Gasteiger partial charge in [-0.15, -0.1) is 5.10 Å². The van der Waals surface area contributed by atoms with Gasteiger partial charge in [0.25, 0.3) is 0 Å². The number of cyclic esters (lactones) is 1. The van der Waals surface area contributed by atoms with Crippen molar-refractivity contribution in [1.82, 2.24) is 35.3 Å². The number of rotatable bonds is 12. The van der Waals surface area contributed by atoms with Crippen LogP contribution in [0.15, 0.2) is 76.4 Å². The Labute approximate surface area is 233 Å². The van der Waals surface area contributed by atoms with Crippen LogP contribution in [-0.2, 0) is 20.9 Å². The summed E-state index contributed by atoms with van der Waals surface area (Å²) in [6, 6.07) is 0. The second-order valence-electron chi connectivity index (χ2n) is 9.26. The Balaban J connectivity index is 1.64. The van der Waals surface area contributed by atoms with Crippen LogP contribution in [0.3, 0.4) is 0 Å². The Morgan fingerprint density at radius 1 is 1.36 bits per heavy atom. The molecule has 1 saturated heterocycles. The van der Waals surface area contributed by atoms with Gasteiger partial charge < -0.3 is 19.9 Å². The first-order chi connectivity index (χ1) is 18.8. The van der Waals surface area contributed by atoms with Crippen molar-refractivity contribution in [2.24, 2.45) is 0 Å². The summed E-state index contributed by atoms with van der Waals surface area (Å²) < 4.78 is 22.3. The fourth-order valence-electron chi connectivity index (χ4n) is 3.91. The van der Waals surface area contributed by atoms with Crippen molar-refractivity contribution in [2.75, 3.05) is 46.0 Å². The highest BCUT2D eigenvalue weighted by Crippen LogP contribution is 2.28. The average molecular weight is 558 g/mol. The number of morpholine rings is 1. The van der Waals surface area contributed by atoms with Crippen molar-refractivity contribution in [3.05, 3.63) is 71.3 Å². The monoisotopic (exact) mass is 557 g/mol. The van der Waals surface area contributed by atoms with E-state index in [1.165, 1.54) is 18.7 Å². The molecule has 2 heterocycles. The van der Waals surface area contributed by atoms with Crippen molar-refractivity contribution < 1.29 is 18.7 Å². The number of likely N-dealkylation sites (N-methyl/N-ethyl adjacent to an activating group) is 1. The number of halogens is 1. The molecule has 1 aromatic rings. The predicted molar refractivity (Wildman–Crippen MR) is 149 cm³/mol. The standard InChI is InChI=1S/C27H36FN7O3S/c1-5-8-21(9-6-7-16-39-27-30-31-32-35(27)15-14-33(3)4)24-12-10-22(11-13-25(24)28)34-18-23(17-29-20(2)36)38-26(37)19-34/h5-12,23H,13-19H2,1-4H3,(H,29,36)/b7-6+,8-5-,21-9+. The molecule has 1 aliphatic carbocycles. The SMILES string of the molecule is C\C=C/C(=C\C=C\CSc1nnnn1CCN(C)C)C1=C(F)CC=C(N2CC(=O)OC(CNC(C)=O)C2)C=C1. The van der Waals surface area contributed by atoms with E-state index in [-0.39, 0.29) is 37.2 Å². The maximum atomic E-state index is 15.2. The van der Waals surface area contributed by atoms with E-state index in [4.69, 9.17) is 4.74 Å². The molecular weight excluding hydrogens is 521 g/mol. The zero-order valence-electron chi connectivity index (χ0n) is 22.8. The lowest BCUT2D eigenvalue weighted by Gasteiger charge is -2.34. The molecule has 1 N–H and O–H groups in total. The average Bonchev–Trinajstić information content (AvgIpc) is 3.25. The molecule has 0 aromatic carbocycles. The second kappa shape index (κ2) is 15.2. The third kappa shape index (κ3) is 9.63. The molecule has 1 unspecified atom stereocenters. The number of thioether (sulfide) groups is 1. The third-order valence-electron chi connectivity index (χ3n) is 5.83. The second-order valence-corrected chi connectivity index (χ2v) is 10.3. The number of nitrogens with zero attached hydrogens (tertiary/aromatic N) is 6. The van der Waals surface area contributed by atoms with E-state index in [0.717, 1.165) is 23.0 Å². The van der Waals surface area contributed by atoms with Crippen LogP contribution in [0.25, 0.3) is 0 Å². The van der Waals surface area contributed by atoms with Gasteiger partial charge in [0.2, 0.25) is 11.1 Å². The summed E-state index contributed by atoms with van der Waals surface area (Å²) in [5.41, 5.74) is 1.96. The maximum absolute atomic E-state index is 15.2. The molecule has 1 atom stereocenters. The molecule has 3 rings (SSSR count). The summed E-state index contributed by atoms with van der Waals surface area (Å²) in [6.45, 7) is 5.57. The van der Waals surface area contributed by atoms with Gasteiger partial charge >= 0.3 is 5.97 Å². The molecule has 1 fully saturated rings. The number of aromatic nitrogens is 4. The quantitative estimate of drug-likeness (QED) is 0.236. The van der Waals surface area contributed by atoms with Crippen LogP contribution in [0.4, 0.5) is 4.39 Å². The van der Waals surface area contributed by atoms with Gasteiger partial charge in [0.05, 0.1) is 19.6 Å². The number of hydrogen-bond acceptors (Lipinski definition) is 9. The molecular formula is C27H36FN7O3S. The van der Waals surface area contributed by atoms with Crippen LogP contribution in [0.5, 0.6) is 0 Å². The van der Waals surface area contributed by atoms with Crippen LogP contribution < -0.4 is 5.32 Å². The van der Waals surface area contributed by atoms with E-state index in [9.17, 15) is 9.59 Å². The molecule has 39 heavy (non-hydrogen) atoms. The molecule has 210 valence electrons. The zero-order chi connectivity index (χ0) is 28.2.